The number of rotatable bonds is 6. The van der Waals surface area contributed by atoms with Gasteiger partial charge >= 0.3 is 11.9 Å². The van der Waals surface area contributed by atoms with Crippen molar-refractivity contribution < 1.29 is 19.8 Å². The Morgan fingerprint density at radius 1 is 0.564 bits per heavy atom. The van der Waals surface area contributed by atoms with Crippen LogP contribution in [0, 0.1) is 0 Å². The second-order valence-corrected chi connectivity index (χ2v) is 9.91. The van der Waals surface area contributed by atoms with Gasteiger partial charge in [-0.25, -0.2) is 14.6 Å². The largest absolute Gasteiger partial charge is 0.478 e. The molecule has 6 aromatic rings. The standard InChI is InChI=1S/C31H19N3O4S/c35-30(36)22-10-12-33-25(15-22)27-17-23(31(37)38)16-26(34-27)24-14-21(9-11-32-24)29-8-7-28(39-29)20-6-5-18-3-1-2-4-19(18)13-20/h1-17H,(H,35,36)(H,37,38). The third-order valence-corrected chi connectivity index (χ3v) is 7.47. The SMILES string of the molecule is O=C(O)c1ccnc(-c2cc(C(=O)O)cc(-c3cc(-c4ccc(-c5ccc6ccccc6c5)s4)ccn3)n2)c1. The highest BCUT2D eigenvalue weighted by atomic mass is 32.1. The van der Waals surface area contributed by atoms with Crippen LogP contribution in [0.1, 0.15) is 20.7 Å². The number of benzene rings is 2. The summed E-state index contributed by atoms with van der Waals surface area (Å²) in [6.07, 6.45) is 3.02. The summed E-state index contributed by atoms with van der Waals surface area (Å²) in [5, 5.41) is 21.4. The van der Waals surface area contributed by atoms with Crippen LogP contribution in [0.5, 0.6) is 0 Å². The first-order valence-electron chi connectivity index (χ1n) is 12.0. The zero-order chi connectivity index (χ0) is 26.9. The fraction of sp³-hybridized carbons (Fsp3) is 0. The second-order valence-electron chi connectivity index (χ2n) is 8.82. The topological polar surface area (TPSA) is 113 Å². The Balaban J connectivity index is 1.38. The van der Waals surface area contributed by atoms with Crippen molar-refractivity contribution in [1.29, 1.82) is 0 Å². The lowest BCUT2D eigenvalue weighted by Crippen LogP contribution is -2.02. The molecule has 188 valence electrons. The molecular formula is C31H19N3O4S. The Morgan fingerprint density at radius 3 is 1.85 bits per heavy atom. The molecule has 0 amide bonds. The molecule has 0 saturated heterocycles. The fourth-order valence-corrected chi connectivity index (χ4v) is 5.33. The number of aromatic nitrogens is 3. The van der Waals surface area contributed by atoms with E-state index in [1.54, 1.807) is 17.5 Å². The maximum atomic E-state index is 11.9. The molecule has 4 heterocycles. The number of aromatic carboxylic acids is 2. The fourth-order valence-electron chi connectivity index (χ4n) is 4.33. The quantitative estimate of drug-likeness (QED) is 0.235. The number of nitrogens with zero attached hydrogens (tertiary/aromatic N) is 3. The normalized spacial score (nSPS) is 11.0. The highest BCUT2D eigenvalue weighted by Crippen LogP contribution is 2.36. The van der Waals surface area contributed by atoms with Crippen molar-refractivity contribution in [2.24, 2.45) is 0 Å². The molecule has 0 saturated carbocycles. The first-order chi connectivity index (χ1) is 18.9. The zero-order valence-corrected chi connectivity index (χ0v) is 21.1. The van der Waals surface area contributed by atoms with Gasteiger partial charge in [-0.2, -0.15) is 0 Å². The van der Waals surface area contributed by atoms with Gasteiger partial charge in [0.1, 0.15) is 0 Å². The lowest BCUT2D eigenvalue weighted by atomic mass is 10.1. The van der Waals surface area contributed by atoms with E-state index in [4.69, 9.17) is 0 Å². The van der Waals surface area contributed by atoms with Gasteiger partial charge in [-0.15, -0.1) is 11.3 Å². The van der Waals surface area contributed by atoms with Gasteiger partial charge in [0, 0.05) is 22.1 Å². The van der Waals surface area contributed by atoms with E-state index in [2.05, 4.69) is 57.4 Å². The summed E-state index contributed by atoms with van der Waals surface area (Å²) >= 11 is 1.66. The van der Waals surface area contributed by atoms with Gasteiger partial charge in [-0.1, -0.05) is 36.4 Å². The number of thiophene rings is 1. The zero-order valence-electron chi connectivity index (χ0n) is 20.3. The molecular weight excluding hydrogens is 510 g/mol. The van der Waals surface area contributed by atoms with Crippen molar-refractivity contribution in [2.75, 3.05) is 0 Å². The van der Waals surface area contributed by atoms with Gasteiger partial charge in [0.2, 0.25) is 0 Å². The van der Waals surface area contributed by atoms with E-state index in [9.17, 15) is 19.8 Å². The third-order valence-electron chi connectivity index (χ3n) is 6.29. The molecule has 7 nitrogen and oxygen atoms in total. The minimum Gasteiger partial charge on any atom is -0.478 e. The second kappa shape index (κ2) is 9.92. The van der Waals surface area contributed by atoms with E-state index < -0.39 is 11.9 Å². The lowest BCUT2D eigenvalue weighted by Gasteiger charge is -2.08. The Hall–Kier alpha value is -5.21. The molecule has 0 radical (unpaired) electrons. The molecule has 0 aliphatic heterocycles. The lowest BCUT2D eigenvalue weighted by molar-refractivity contribution is 0.0686. The van der Waals surface area contributed by atoms with Crippen LogP contribution in [-0.4, -0.2) is 37.1 Å². The molecule has 0 fully saturated rings. The van der Waals surface area contributed by atoms with Crippen LogP contribution in [0.25, 0.3) is 54.4 Å². The van der Waals surface area contributed by atoms with Crippen molar-refractivity contribution in [3.05, 3.63) is 115 Å². The number of hydrogen-bond acceptors (Lipinski definition) is 6. The van der Waals surface area contributed by atoms with Gasteiger partial charge in [-0.3, -0.25) is 9.97 Å². The highest BCUT2D eigenvalue weighted by Gasteiger charge is 2.15. The molecule has 0 aliphatic carbocycles. The van der Waals surface area contributed by atoms with Crippen LogP contribution in [0.4, 0.5) is 0 Å². The molecule has 0 aliphatic rings. The Labute approximate surface area is 226 Å². The number of pyridine rings is 3. The number of fused-ring (bicyclic) bond motifs is 1. The minimum atomic E-state index is -1.14. The van der Waals surface area contributed by atoms with Crippen LogP contribution in [0.2, 0.25) is 0 Å². The van der Waals surface area contributed by atoms with Crippen LogP contribution in [-0.2, 0) is 0 Å². The maximum Gasteiger partial charge on any atom is 0.335 e. The van der Waals surface area contributed by atoms with Crippen LogP contribution in [0.3, 0.4) is 0 Å². The van der Waals surface area contributed by atoms with Crippen molar-refractivity contribution in [3.8, 4) is 43.7 Å². The summed E-state index contributed by atoms with van der Waals surface area (Å²) in [4.78, 5) is 38.7. The first-order valence-corrected chi connectivity index (χ1v) is 12.8. The van der Waals surface area contributed by atoms with Gasteiger partial charge in [-0.05, 0) is 76.5 Å². The summed E-state index contributed by atoms with van der Waals surface area (Å²) in [7, 11) is 0. The molecule has 39 heavy (non-hydrogen) atoms. The van der Waals surface area contributed by atoms with E-state index in [-0.39, 0.29) is 22.5 Å². The number of carbonyl (C=O) groups is 2. The minimum absolute atomic E-state index is 0.000514. The van der Waals surface area contributed by atoms with Crippen molar-refractivity contribution >= 4 is 34.0 Å². The predicted molar refractivity (Wildman–Crippen MR) is 151 cm³/mol. The molecule has 4 aromatic heterocycles. The smallest absolute Gasteiger partial charge is 0.335 e. The van der Waals surface area contributed by atoms with Crippen molar-refractivity contribution in [3.63, 3.8) is 0 Å². The molecule has 0 atom stereocenters. The van der Waals surface area contributed by atoms with Crippen LogP contribution >= 0.6 is 11.3 Å². The first kappa shape index (κ1) is 24.1. The van der Waals surface area contributed by atoms with Gasteiger partial charge in [0.05, 0.1) is 33.9 Å². The number of carboxylic acids is 2. The maximum absolute atomic E-state index is 11.9. The average molecular weight is 530 g/mol. The molecule has 0 unspecified atom stereocenters. The monoisotopic (exact) mass is 529 g/mol. The molecule has 0 bridgehead atoms. The van der Waals surface area contributed by atoms with Crippen LogP contribution < -0.4 is 0 Å². The average Bonchev–Trinajstić information content (AvgIpc) is 3.47. The van der Waals surface area contributed by atoms with E-state index in [0.717, 1.165) is 20.9 Å². The molecule has 6 rings (SSSR count). The van der Waals surface area contributed by atoms with E-state index in [1.165, 1.54) is 41.2 Å². The van der Waals surface area contributed by atoms with Crippen LogP contribution in [0.15, 0.2) is 103 Å². The third kappa shape index (κ3) is 4.88. The summed E-state index contributed by atoms with van der Waals surface area (Å²) in [5.74, 6) is -2.25. The van der Waals surface area contributed by atoms with Gasteiger partial charge in [0.25, 0.3) is 0 Å². The molecule has 2 aromatic carbocycles. The van der Waals surface area contributed by atoms with E-state index in [1.807, 2.05) is 24.3 Å². The summed E-state index contributed by atoms with van der Waals surface area (Å²) in [6, 6.07) is 28.1. The molecule has 0 spiro atoms. The Bertz CT molecular complexity index is 1900. The summed E-state index contributed by atoms with van der Waals surface area (Å²) in [6.45, 7) is 0. The molecule has 8 heteroatoms. The van der Waals surface area contributed by atoms with Crippen molar-refractivity contribution in [1.82, 2.24) is 15.0 Å². The summed E-state index contributed by atoms with van der Waals surface area (Å²) < 4.78 is 0. The number of carboxylic acid groups (broad SMARTS) is 2. The number of hydrogen-bond donors (Lipinski definition) is 2. The van der Waals surface area contributed by atoms with Gasteiger partial charge in [0.15, 0.2) is 0 Å². The van der Waals surface area contributed by atoms with E-state index in [0.29, 0.717) is 11.4 Å². The van der Waals surface area contributed by atoms with E-state index >= 15 is 0 Å². The Kier molecular flexibility index (Phi) is 6.14. The summed E-state index contributed by atoms with van der Waals surface area (Å²) in [5.41, 5.74) is 3.43. The highest BCUT2D eigenvalue weighted by molar-refractivity contribution is 7.18. The molecule has 2 N–H and O–H groups in total. The van der Waals surface area contributed by atoms with Gasteiger partial charge < -0.3 is 10.2 Å². The Morgan fingerprint density at radius 2 is 1.15 bits per heavy atom. The predicted octanol–water partition coefficient (Wildman–Crippen LogP) is 7.15. The van der Waals surface area contributed by atoms with Crippen molar-refractivity contribution in [2.45, 2.75) is 0 Å².